The fraction of sp³-hybridized carbons (Fsp3) is 0.632. The van der Waals surface area contributed by atoms with Crippen molar-refractivity contribution in [3.8, 4) is 0 Å². The first-order chi connectivity index (χ1) is 12.9. The van der Waals surface area contributed by atoms with E-state index in [1.165, 1.54) is 0 Å². The first-order valence-corrected chi connectivity index (χ1v) is 9.07. The Morgan fingerprint density at radius 3 is 2.56 bits per heavy atom. The third kappa shape index (κ3) is 13.6. The van der Waals surface area contributed by atoms with Crippen molar-refractivity contribution in [2.75, 3.05) is 33.0 Å². The highest BCUT2D eigenvalue weighted by molar-refractivity contribution is 5.86. The molecule has 154 valence electrons. The normalized spacial score (nSPS) is 12.5. The summed E-state index contributed by atoms with van der Waals surface area (Å²) in [5, 5.41) is 14.0. The summed E-state index contributed by atoms with van der Waals surface area (Å²) < 4.78 is 10.1. The summed E-state index contributed by atoms with van der Waals surface area (Å²) in [6.07, 6.45) is 4.39. The van der Waals surface area contributed by atoms with E-state index in [0.717, 1.165) is 0 Å². The number of ether oxygens (including phenoxy) is 2. The molecule has 3 N–H and O–H groups in total. The predicted octanol–water partition coefficient (Wildman–Crippen LogP) is 0.708. The Hall–Kier alpha value is -2.19. The fourth-order valence-corrected chi connectivity index (χ4v) is 2.12. The van der Waals surface area contributed by atoms with Crippen molar-refractivity contribution in [2.45, 2.75) is 38.6 Å². The predicted molar refractivity (Wildman–Crippen MR) is 102 cm³/mol. The average Bonchev–Trinajstić information content (AvgIpc) is 2.64. The quantitative estimate of drug-likeness (QED) is 0.205. The molecule has 0 rings (SSSR count). The minimum atomic E-state index is -0.556. The van der Waals surface area contributed by atoms with E-state index in [4.69, 9.17) is 14.6 Å². The van der Waals surface area contributed by atoms with Gasteiger partial charge in [0.1, 0.15) is 6.61 Å². The number of rotatable bonds is 16. The average molecular weight is 384 g/mol. The van der Waals surface area contributed by atoms with E-state index in [2.05, 4.69) is 23.8 Å². The zero-order chi connectivity index (χ0) is 20.5. The Bertz CT molecular complexity index is 481. The summed E-state index contributed by atoms with van der Waals surface area (Å²) in [4.78, 5) is 35.8. The van der Waals surface area contributed by atoms with E-state index < -0.39 is 5.92 Å². The number of esters is 1. The molecule has 0 aliphatic heterocycles. The largest absolute Gasteiger partial charge is 0.463 e. The van der Waals surface area contributed by atoms with E-state index in [1.807, 2.05) is 0 Å². The van der Waals surface area contributed by atoms with Gasteiger partial charge < -0.3 is 25.2 Å². The highest BCUT2D eigenvalue weighted by Crippen LogP contribution is 2.10. The van der Waals surface area contributed by atoms with Crippen LogP contribution in [0.3, 0.4) is 0 Å². The number of nitrogens with one attached hydrogen (secondary N) is 2. The van der Waals surface area contributed by atoms with Crippen LogP contribution in [-0.2, 0) is 23.9 Å². The Balaban J connectivity index is 4.28. The van der Waals surface area contributed by atoms with Gasteiger partial charge in [0.15, 0.2) is 0 Å². The molecule has 0 spiro atoms. The zero-order valence-corrected chi connectivity index (χ0v) is 16.1. The Morgan fingerprint density at radius 2 is 1.93 bits per heavy atom. The number of aliphatic hydroxyl groups excluding tert-OH is 1. The molecule has 0 aromatic rings. The summed E-state index contributed by atoms with van der Waals surface area (Å²) in [5.74, 6) is -1.47. The summed E-state index contributed by atoms with van der Waals surface area (Å²) in [6, 6.07) is -0.368. The molecule has 8 nitrogen and oxygen atoms in total. The van der Waals surface area contributed by atoms with Crippen LogP contribution in [0.4, 0.5) is 0 Å². The molecule has 0 fully saturated rings. The van der Waals surface area contributed by atoms with Gasteiger partial charge in [-0.15, -0.1) is 13.2 Å². The highest BCUT2D eigenvalue weighted by Gasteiger charge is 2.22. The van der Waals surface area contributed by atoms with Gasteiger partial charge in [-0.1, -0.05) is 12.2 Å². The standard InChI is InChI=1S/C19H32N2O6/c1-4-6-8-18(24)27-14-15(3)21-19(25)16(7-5-2)13-17(23)20-9-11-26-12-10-22/h4-5,15-16,22H,1-2,6-14H2,3H3,(H,20,23)(H,21,25). The van der Waals surface area contributed by atoms with Gasteiger partial charge in [-0.3, -0.25) is 14.4 Å². The van der Waals surface area contributed by atoms with Crippen molar-refractivity contribution in [2.24, 2.45) is 5.92 Å². The molecule has 8 heteroatoms. The molecule has 0 heterocycles. The fourth-order valence-electron chi connectivity index (χ4n) is 2.12. The molecule has 0 aliphatic carbocycles. The number of carbonyl (C=O) groups is 3. The topological polar surface area (TPSA) is 114 Å². The van der Waals surface area contributed by atoms with Crippen LogP contribution in [-0.4, -0.2) is 61.9 Å². The van der Waals surface area contributed by atoms with Gasteiger partial charge in [-0.25, -0.2) is 0 Å². The van der Waals surface area contributed by atoms with Crippen molar-refractivity contribution in [1.29, 1.82) is 0 Å². The first kappa shape index (κ1) is 24.8. The number of amides is 2. The van der Waals surface area contributed by atoms with Crippen LogP contribution in [0.1, 0.15) is 32.6 Å². The summed E-state index contributed by atoms with van der Waals surface area (Å²) >= 11 is 0. The molecule has 0 saturated heterocycles. The smallest absolute Gasteiger partial charge is 0.306 e. The van der Waals surface area contributed by atoms with Crippen LogP contribution in [0.2, 0.25) is 0 Å². The lowest BCUT2D eigenvalue weighted by Gasteiger charge is -2.19. The lowest BCUT2D eigenvalue weighted by molar-refractivity contribution is -0.145. The van der Waals surface area contributed by atoms with Crippen LogP contribution in [0.25, 0.3) is 0 Å². The van der Waals surface area contributed by atoms with Gasteiger partial charge in [0.2, 0.25) is 11.8 Å². The van der Waals surface area contributed by atoms with Gasteiger partial charge in [-0.2, -0.15) is 0 Å². The minimum absolute atomic E-state index is 0.0176. The SMILES string of the molecule is C=CCCC(=O)OCC(C)NC(=O)C(CC=C)CC(=O)NCCOCCO. The molecule has 2 atom stereocenters. The maximum absolute atomic E-state index is 12.4. The highest BCUT2D eigenvalue weighted by atomic mass is 16.5. The van der Waals surface area contributed by atoms with Crippen molar-refractivity contribution in [3.05, 3.63) is 25.3 Å². The van der Waals surface area contributed by atoms with Crippen molar-refractivity contribution >= 4 is 17.8 Å². The minimum Gasteiger partial charge on any atom is -0.463 e. The number of hydrogen-bond acceptors (Lipinski definition) is 6. The van der Waals surface area contributed by atoms with Crippen molar-refractivity contribution < 1.29 is 29.0 Å². The van der Waals surface area contributed by atoms with Gasteiger partial charge in [0.25, 0.3) is 0 Å². The lowest BCUT2D eigenvalue weighted by Crippen LogP contribution is -2.41. The second-order valence-corrected chi connectivity index (χ2v) is 6.03. The number of allylic oxidation sites excluding steroid dienone is 2. The van der Waals surface area contributed by atoms with Gasteiger partial charge in [-0.05, 0) is 19.8 Å². The molecule has 27 heavy (non-hydrogen) atoms. The molecule has 2 unspecified atom stereocenters. The van der Waals surface area contributed by atoms with Gasteiger partial charge >= 0.3 is 5.97 Å². The lowest BCUT2D eigenvalue weighted by atomic mass is 9.99. The molecule has 0 bridgehead atoms. The van der Waals surface area contributed by atoms with Crippen molar-refractivity contribution in [1.82, 2.24) is 10.6 Å². The Labute approximate surface area is 161 Å². The monoisotopic (exact) mass is 384 g/mol. The zero-order valence-electron chi connectivity index (χ0n) is 16.1. The molecule has 0 aromatic heterocycles. The number of carbonyl (C=O) groups excluding carboxylic acids is 3. The molecule has 0 aromatic carbocycles. The van der Waals surface area contributed by atoms with E-state index in [0.29, 0.717) is 26.0 Å². The first-order valence-electron chi connectivity index (χ1n) is 9.07. The van der Waals surface area contributed by atoms with E-state index in [9.17, 15) is 14.4 Å². The second-order valence-electron chi connectivity index (χ2n) is 6.03. The van der Waals surface area contributed by atoms with E-state index >= 15 is 0 Å². The molecule has 0 saturated carbocycles. The summed E-state index contributed by atoms with van der Waals surface area (Å²) in [7, 11) is 0. The maximum atomic E-state index is 12.4. The number of hydrogen-bond donors (Lipinski definition) is 3. The Morgan fingerprint density at radius 1 is 1.19 bits per heavy atom. The third-order valence-electron chi connectivity index (χ3n) is 3.49. The molecule has 2 amide bonds. The van der Waals surface area contributed by atoms with Crippen LogP contribution in [0.5, 0.6) is 0 Å². The third-order valence-corrected chi connectivity index (χ3v) is 3.49. The number of aliphatic hydroxyl groups is 1. The summed E-state index contributed by atoms with van der Waals surface area (Å²) in [5.41, 5.74) is 0. The molecule has 0 aliphatic rings. The summed E-state index contributed by atoms with van der Waals surface area (Å²) in [6.45, 7) is 9.69. The second kappa shape index (κ2) is 16.0. The van der Waals surface area contributed by atoms with Crippen LogP contribution >= 0.6 is 0 Å². The van der Waals surface area contributed by atoms with Crippen molar-refractivity contribution in [3.63, 3.8) is 0 Å². The van der Waals surface area contributed by atoms with Gasteiger partial charge in [0.05, 0.1) is 31.8 Å². The molecular formula is C19H32N2O6. The van der Waals surface area contributed by atoms with E-state index in [-0.39, 0.29) is 56.5 Å². The van der Waals surface area contributed by atoms with Crippen LogP contribution in [0.15, 0.2) is 25.3 Å². The molecular weight excluding hydrogens is 352 g/mol. The van der Waals surface area contributed by atoms with Crippen LogP contribution in [0, 0.1) is 5.92 Å². The van der Waals surface area contributed by atoms with Gasteiger partial charge in [0, 0.05) is 19.4 Å². The van der Waals surface area contributed by atoms with Crippen LogP contribution < -0.4 is 10.6 Å². The molecule has 0 radical (unpaired) electrons. The Kier molecular flexibility index (Phi) is 14.7. The maximum Gasteiger partial charge on any atom is 0.306 e. The van der Waals surface area contributed by atoms with E-state index in [1.54, 1.807) is 19.1 Å².